The second-order valence-electron chi connectivity index (χ2n) is 16.2. The van der Waals surface area contributed by atoms with E-state index in [2.05, 4.69) is 31.9 Å². The van der Waals surface area contributed by atoms with Crippen LogP contribution in [0.5, 0.6) is 0 Å². The van der Waals surface area contributed by atoms with Gasteiger partial charge < -0.3 is 37.0 Å². The third-order valence-corrected chi connectivity index (χ3v) is 11.7. The number of anilines is 1. The highest BCUT2D eigenvalue weighted by molar-refractivity contribution is 7.09. The van der Waals surface area contributed by atoms with Crippen LogP contribution in [0.4, 0.5) is 5.69 Å². The van der Waals surface area contributed by atoms with E-state index in [0.29, 0.717) is 23.2 Å². The Labute approximate surface area is 375 Å². The summed E-state index contributed by atoms with van der Waals surface area (Å²) in [4.78, 5) is 96.4. The Hall–Kier alpha value is -7.13. The molecule has 15 heteroatoms. The van der Waals surface area contributed by atoms with Crippen LogP contribution in [0.2, 0.25) is 0 Å². The maximum Gasteiger partial charge on any atom is 0.328 e. The van der Waals surface area contributed by atoms with Gasteiger partial charge in [-0.1, -0.05) is 103 Å². The lowest BCUT2D eigenvalue weighted by Crippen LogP contribution is -2.60. The number of amides is 6. The number of carbonyl (C=O) groups excluding carboxylic acids is 6. The van der Waals surface area contributed by atoms with Crippen molar-refractivity contribution in [3.05, 3.63) is 148 Å². The number of hydrogen-bond acceptors (Lipinski definition) is 8. The summed E-state index contributed by atoms with van der Waals surface area (Å²) < 4.78 is 0. The lowest BCUT2D eigenvalue weighted by Gasteiger charge is -2.28. The van der Waals surface area contributed by atoms with Crippen molar-refractivity contribution in [3.63, 3.8) is 0 Å². The SMILES string of the molecule is CC(C)(NC(=O)[C@@H]1Cc2ccc(cc2)NC(=O)CCC(=O)N[C@H](Cc2cccs2)C(=O)N[C@@H](Cc2ccc(-c3ccccc3)cc2)C(=O)N[C@H](CCc2ccccc2)C(=O)N1)C(=O)O. The molecule has 14 nitrogen and oxygen atoms in total. The zero-order chi connectivity index (χ0) is 45.6. The number of aryl methyl sites for hydroxylation is 1. The third kappa shape index (κ3) is 13.4. The summed E-state index contributed by atoms with van der Waals surface area (Å²) in [5, 5.41) is 28.2. The van der Waals surface area contributed by atoms with Gasteiger partial charge in [0.2, 0.25) is 35.4 Å². The van der Waals surface area contributed by atoms with Gasteiger partial charge in [0.05, 0.1) is 0 Å². The Balaban J connectivity index is 1.36. The van der Waals surface area contributed by atoms with Crippen LogP contribution >= 0.6 is 11.3 Å². The van der Waals surface area contributed by atoms with Crippen LogP contribution in [-0.4, -0.2) is 76.2 Å². The van der Waals surface area contributed by atoms with E-state index >= 15 is 0 Å². The average Bonchev–Trinajstić information content (AvgIpc) is 3.80. The first-order chi connectivity index (χ1) is 30.7. The van der Waals surface area contributed by atoms with Crippen molar-refractivity contribution in [1.82, 2.24) is 26.6 Å². The van der Waals surface area contributed by atoms with E-state index < -0.39 is 71.1 Å². The quantitative estimate of drug-likeness (QED) is 0.0921. The van der Waals surface area contributed by atoms with E-state index in [1.165, 1.54) is 25.2 Å². The topological polar surface area (TPSA) is 212 Å². The summed E-state index contributed by atoms with van der Waals surface area (Å²) in [6, 6.07) is 31.8. The highest BCUT2D eigenvalue weighted by Crippen LogP contribution is 2.21. The number of nitrogens with one attached hydrogen (secondary N) is 6. The van der Waals surface area contributed by atoms with Gasteiger partial charge in [0.15, 0.2) is 0 Å². The average molecular weight is 885 g/mol. The number of thiophene rings is 1. The number of hydrogen-bond donors (Lipinski definition) is 7. The maximum absolute atomic E-state index is 14.6. The van der Waals surface area contributed by atoms with Gasteiger partial charge in [-0.3, -0.25) is 28.8 Å². The number of carboxylic acids is 1. The van der Waals surface area contributed by atoms with Gasteiger partial charge in [-0.2, -0.15) is 0 Å². The van der Waals surface area contributed by atoms with Gasteiger partial charge in [-0.05, 0) is 78.1 Å². The molecule has 7 N–H and O–H groups in total. The van der Waals surface area contributed by atoms with Crippen molar-refractivity contribution in [3.8, 4) is 11.1 Å². The minimum atomic E-state index is -1.69. The standard InChI is InChI=1S/C49H52N6O8S/c1-49(2,48(62)63)55-47(61)40-29-33-17-22-36(23-18-33)50-42(56)25-26-43(57)51-41(30-37-14-9-27-64-37)46(60)53-39(28-32-15-20-35(21-16-32)34-12-7-4-8-13-34)45(59)52-38(44(58)54-40)24-19-31-10-5-3-6-11-31/h3-18,20-23,27,38-41H,19,24-26,28-30H2,1-2H3,(H,50,56)(H,51,57)(H,52,59)(H,53,60)(H,54,58)(H,55,61)(H,62,63)/t38-,39+,40+,41-/m1/s1. The first kappa shape index (κ1) is 46.4. The van der Waals surface area contributed by atoms with Crippen molar-refractivity contribution < 1.29 is 38.7 Å². The Morgan fingerprint density at radius 3 is 1.88 bits per heavy atom. The van der Waals surface area contributed by atoms with E-state index in [1.807, 2.05) is 102 Å². The number of fused-ring (bicyclic) bond motifs is 18. The van der Waals surface area contributed by atoms with Crippen LogP contribution in [0.3, 0.4) is 0 Å². The molecule has 0 fully saturated rings. The van der Waals surface area contributed by atoms with E-state index in [0.717, 1.165) is 21.6 Å². The summed E-state index contributed by atoms with van der Waals surface area (Å²) in [5.74, 6) is -5.12. The summed E-state index contributed by atoms with van der Waals surface area (Å²) in [6.07, 6.45) is 0.0584. The lowest BCUT2D eigenvalue weighted by molar-refractivity contribution is -0.146. The Morgan fingerprint density at radius 1 is 0.641 bits per heavy atom. The first-order valence-corrected chi connectivity index (χ1v) is 22.0. The van der Waals surface area contributed by atoms with Gasteiger partial charge in [-0.15, -0.1) is 11.3 Å². The fourth-order valence-electron chi connectivity index (χ4n) is 7.12. The minimum Gasteiger partial charge on any atom is -0.480 e. The molecule has 2 aliphatic rings. The van der Waals surface area contributed by atoms with E-state index in [1.54, 1.807) is 24.3 Å². The Bertz CT molecular complexity index is 2410. The van der Waals surface area contributed by atoms with Gasteiger partial charge in [0.25, 0.3) is 0 Å². The molecule has 0 radical (unpaired) electrons. The molecule has 0 spiro atoms. The molecule has 4 aromatic carbocycles. The second kappa shape index (κ2) is 21.8. The summed E-state index contributed by atoms with van der Waals surface area (Å²) in [7, 11) is 0. The number of carbonyl (C=O) groups is 7. The molecular formula is C49H52N6O8S. The first-order valence-electron chi connectivity index (χ1n) is 21.1. The summed E-state index contributed by atoms with van der Waals surface area (Å²) in [6.45, 7) is 2.64. The van der Waals surface area contributed by atoms with Crippen molar-refractivity contribution in [1.29, 1.82) is 0 Å². The molecule has 7 rings (SSSR count). The molecule has 4 atom stereocenters. The second-order valence-corrected chi connectivity index (χ2v) is 17.3. The molecule has 332 valence electrons. The maximum atomic E-state index is 14.6. The third-order valence-electron chi connectivity index (χ3n) is 10.8. The number of aliphatic carboxylic acids is 1. The molecule has 1 aromatic heterocycles. The molecule has 3 heterocycles. The smallest absolute Gasteiger partial charge is 0.328 e. The monoisotopic (exact) mass is 884 g/mol. The van der Waals surface area contributed by atoms with Crippen LogP contribution in [0.15, 0.2) is 127 Å². The van der Waals surface area contributed by atoms with Crippen LogP contribution in [-0.2, 0) is 59.2 Å². The van der Waals surface area contributed by atoms with Crippen molar-refractivity contribution >= 4 is 58.4 Å². The number of benzene rings is 4. The van der Waals surface area contributed by atoms with Gasteiger partial charge >= 0.3 is 5.97 Å². The van der Waals surface area contributed by atoms with Crippen LogP contribution in [0.25, 0.3) is 11.1 Å². The van der Waals surface area contributed by atoms with E-state index in [9.17, 15) is 38.7 Å². The normalized spacial score (nSPS) is 19.2. The lowest BCUT2D eigenvalue weighted by atomic mass is 9.98. The summed E-state index contributed by atoms with van der Waals surface area (Å²) in [5.41, 5.74) is 2.80. The van der Waals surface area contributed by atoms with E-state index in [4.69, 9.17) is 0 Å². The molecule has 2 bridgehead atoms. The van der Waals surface area contributed by atoms with Crippen LogP contribution < -0.4 is 31.9 Å². The highest BCUT2D eigenvalue weighted by atomic mass is 32.1. The molecule has 0 saturated heterocycles. The van der Waals surface area contributed by atoms with Crippen LogP contribution in [0, 0.1) is 0 Å². The van der Waals surface area contributed by atoms with Crippen LogP contribution in [0.1, 0.15) is 54.7 Å². The molecule has 0 saturated carbocycles. The molecule has 2 aliphatic heterocycles. The Kier molecular flexibility index (Phi) is 15.8. The van der Waals surface area contributed by atoms with Gasteiger partial charge in [0.1, 0.15) is 29.7 Å². The number of carboxylic acid groups (broad SMARTS) is 1. The molecule has 0 unspecified atom stereocenters. The van der Waals surface area contributed by atoms with Crippen molar-refractivity contribution in [2.24, 2.45) is 0 Å². The number of rotatable bonds is 11. The Morgan fingerprint density at radius 2 is 1.23 bits per heavy atom. The zero-order valence-corrected chi connectivity index (χ0v) is 36.4. The van der Waals surface area contributed by atoms with E-state index in [-0.39, 0.29) is 38.5 Å². The highest BCUT2D eigenvalue weighted by Gasteiger charge is 2.35. The minimum absolute atomic E-state index is 0.00459. The molecule has 0 aliphatic carbocycles. The van der Waals surface area contributed by atoms with Crippen molar-refractivity contribution in [2.45, 2.75) is 88.5 Å². The fraction of sp³-hybridized carbons (Fsp3) is 0.286. The molecular weight excluding hydrogens is 833 g/mol. The molecule has 64 heavy (non-hydrogen) atoms. The fourth-order valence-corrected chi connectivity index (χ4v) is 7.88. The largest absolute Gasteiger partial charge is 0.480 e. The predicted octanol–water partition coefficient (Wildman–Crippen LogP) is 4.73. The molecule has 6 amide bonds. The van der Waals surface area contributed by atoms with Gasteiger partial charge in [-0.25, -0.2) is 4.79 Å². The summed E-state index contributed by atoms with van der Waals surface area (Å²) >= 11 is 1.40. The predicted molar refractivity (Wildman–Crippen MR) is 244 cm³/mol. The molecule has 5 aromatic rings. The van der Waals surface area contributed by atoms with Crippen molar-refractivity contribution in [2.75, 3.05) is 5.32 Å². The van der Waals surface area contributed by atoms with Gasteiger partial charge in [0, 0.05) is 42.7 Å². The zero-order valence-electron chi connectivity index (χ0n) is 35.6.